The molecule has 1 atom stereocenters. The van der Waals surface area contributed by atoms with Crippen LogP contribution in [0.25, 0.3) is 0 Å². The Morgan fingerprint density at radius 2 is 1.50 bits per heavy atom. The number of hydrogen-bond donors (Lipinski definition) is 2. The third kappa shape index (κ3) is 7.24. The predicted molar refractivity (Wildman–Crippen MR) is 73.6 cm³/mol. The monoisotopic (exact) mass is 228 g/mol. The second kappa shape index (κ2) is 6.61. The SMILES string of the molecule is CCC(C)(C)CNCC(N)CC(C)(C)CC. The van der Waals surface area contributed by atoms with Crippen LogP contribution in [0.2, 0.25) is 0 Å². The molecule has 0 saturated heterocycles. The molecule has 98 valence electrons. The number of nitrogens with two attached hydrogens (primary N) is 1. The van der Waals surface area contributed by atoms with Gasteiger partial charge in [-0.2, -0.15) is 0 Å². The molecule has 0 aliphatic rings. The van der Waals surface area contributed by atoms with E-state index in [9.17, 15) is 0 Å². The number of hydrogen-bond acceptors (Lipinski definition) is 2. The lowest BCUT2D eigenvalue weighted by molar-refractivity contribution is 0.276. The van der Waals surface area contributed by atoms with Crippen LogP contribution < -0.4 is 11.1 Å². The molecule has 0 radical (unpaired) electrons. The van der Waals surface area contributed by atoms with Gasteiger partial charge in [0.15, 0.2) is 0 Å². The maximum atomic E-state index is 6.14. The predicted octanol–water partition coefficient (Wildman–Crippen LogP) is 3.17. The largest absolute Gasteiger partial charge is 0.327 e. The van der Waals surface area contributed by atoms with Gasteiger partial charge < -0.3 is 11.1 Å². The molecule has 0 aliphatic carbocycles. The molecule has 0 spiro atoms. The Morgan fingerprint density at radius 1 is 1.00 bits per heavy atom. The van der Waals surface area contributed by atoms with E-state index in [0.717, 1.165) is 19.5 Å². The van der Waals surface area contributed by atoms with E-state index in [0.29, 0.717) is 10.8 Å². The number of rotatable bonds is 8. The molecule has 0 aromatic rings. The van der Waals surface area contributed by atoms with Crippen molar-refractivity contribution in [2.24, 2.45) is 16.6 Å². The average Bonchev–Trinajstić information content (AvgIpc) is 2.17. The molecule has 0 aromatic heterocycles. The maximum Gasteiger partial charge on any atom is 0.0170 e. The second-order valence-corrected chi connectivity index (χ2v) is 6.63. The Bertz CT molecular complexity index is 185. The van der Waals surface area contributed by atoms with Crippen LogP contribution in [0.4, 0.5) is 0 Å². The van der Waals surface area contributed by atoms with Gasteiger partial charge in [-0.1, -0.05) is 48.0 Å². The summed E-state index contributed by atoms with van der Waals surface area (Å²) in [7, 11) is 0. The van der Waals surface area contributed by atoms with Crippen LogP contribution in [0.1, 0.15) is 60.8 Å². The first-order valence-corrected chi connectivity index (χ1v) is 6.69. The van der Waals surface area contributed by atoms with Crippen LogP contribution in [0.3, 0.4) is 0 Å². The molecule has 0 aliphatic heterocycles. The fourth-order valence-electron chi connectivity index (χ4n) is 1.65. The van der Waals surface area contributed by atoms with Crippen molar-refractivity contribution in [3.05, 3.63) is 0 Å². The highest BCUT2D eigenvalue weighted by Gasteiger charge is 2.20. The lowest BCUT2D eigenvalue weighted by Crippen LogP contribution is -2.40. The van der Waals surface area contributed by atoms with E-state index >= 15 is 0 Å². The van der Waals surface area contributed by atoms with Gasteiger partial charge in [-0.15, -0.1) is 0 Å². The molecular formula is C14H32N2. The Balaban J connectivity index is 3.78. The summed E-state index contributed by atoms with van der Waals surface area (Å²) in [5.74, 6) is 0. The molecule has 0 rings (SSSR count). The highest BCUT2D eigenvalue weighted by atomic mass is 14.9. The van der Waals surface area contributed by atoms with Crippen molar-refractivity contribution >= 4 is 0 Å². The Labute approximate surface area is 102 Å². The Morgan fingerprint density at radius 3 is 1.94 bits per heavy atom. The van der Waals surface area contributed by atoms with E-state index in [2.05, 4.69) is 46.9 Å². The van der Waals surface area contributed by atoms with Crippen molar-refractivity contribution in [2.45, 2.75) is 66.8 Å². The molecule has 0 amide bonds. The van der Waals surface area contributed by atoms with Gasteiger partial charge in [0.25, 0.3) is 0 Å². The molecule has 2 nitrogen and oxygen atoms in total. The standard InChI is InChI=1S/C14H32N2/c1-7-13(3,4)9-12(15)10-16-11-14(5,6)8-2/h12,16H,7-11,15H2,1-6H3. The zero-order valence-corrected chi connectivity index (χ0v) is 12.2. The van der Waals surface area contributed by atoms with E-state index in [1.54, 1.807) is 0 Å². The van der Waals surface area contributed by atoms with Crippen molar-refractivity contribution < 1.29 is 0 Å². The van der Waals surface area contributed by atoms with Crippen molar-refractivity contribution in [3.63, 3.8) is 0 Å². The minimum absolute atomic E-state index is 0.280. The van der Waals surface area contributed by atoms with Crippen LogP contribution in [0.15, 0.2) is 0 Å². The van der Waals surface area contributed by atoms with Crippen molar-refractivity contribution in [1.82, 2.24) is 5.32 Å². The zero-order chi connectivity index (χ0) is 12.8. The molecule has 0 fully saturated rings. The van der Waals surface area contributed by atoms with Gasteiger partial charge in [-0.3, -0.25) is 0 Å². The molecule has 0 bridgehead atoms. The maximum absolute atomic E-state index is 6.14. The van der Waals surface area contributed by atoms with E-state index in [4.69, 9.17) is 5.73 Å². The molecular weight excluding hydrogens is 196 g/mol. The van der Waals surface area contributed by atoms with Crippen molar-refractivity contribution in [3.8, 4) is 0 Å². The normalized spacial score (nSPS) is 15.2. The fourth-order valence-corrected chi connectivity index (χ4v) is 1.65. The summed E-state index contributed by atoms with van der Waals surface area (Å²) < 4.78 is 0. The number of nitrogens with one attached hydrogen (secondary N) is 1. The molecule has 0 saturated carbocycles. The first-order valence-electron chi connectivity index (χ1n) is 6.69. The fraction of sp³-hybridized carbons (Fsp3) is 1.00. The lowest BCUT2D eigenvalue weighted by Gasteiger charge is -2.28. The molecule has 1 unspecified atom stereocenters. The van der Waals surface area contributed by atoms with Gasteiger partial charge in [0.1, 0.15) is 0 Å². The van der Waals surface area contributed by atoms with Crippen LogP contribution in [-0.2, 0) is 0 Å². The van der Waals surface area contributed by atoms with Crippen molar-refractivity contribution in [2.75, 3.05) is 13.1 Å². The van der Waals surface area contributed by atoms with E-state index in [1.807, 2.05) is 0 Å². The molecule has 3 N–H and O–H groups in total. The first kappa shape index (κ1) is 15.9. The minimum atomic E-state index is 0.280. The van der Waals surface area contributed by atoms with Crippen molar-refractivity contribution in [1.29, 1.82) is 0 Å². The van der Waals surface area contributed by atoms with Gasteiger partial charge in [0.2, 0.25) is 0 Å². The van der Waals surface area contributed by atoms with E-state index in [-0.39, 0.29) is 6.04 Å². The van der Waals surface area contributed by atoms with Crippen LogP contribution in [-0.4, -0.2) is 19.1 Å². The Kier molecular flexibility index (Phi) is 6.57. The summed E-state index contributed by atoms with van der Waals surface area (Å²) in [5.41, 5.74) is 6.91. The topological polar surface area (TPSA) is 38.0 Å². The highest BCUT2D eigenvalue weighted by Crippen LogP contribution is 2.25. The molecule has 16 heavy (non-hydrogen) atoms. The Hall–Kier alpha value is -0.0800. The summed E-state index contributed by atoms with van der Waals surface area (Å²) >= 11 is 0. The summed E-state index contributed by atoms with van der Waals surface area (Å²) in [6, 6.07) is 0.280. The lowest BCUT2D eigenvalue weighted by atomic mass is 9.83. The van der Waals surface area contributed by atoms with Gasteiger partial charge in [0, 0.05) is 19.1 Å². The summed E-state index contributed by atoms with van der Waals surface area (Å²) in [6.07, 6.45) is 3.50. The first-order chi connectivity index (χ1) is 7.22. The van der Waals surface area contributed by atoms with Gasteiger partial charge in [-0.05, 0) is 23.7 Å². The average molecular weight is 228 g/mol. The molecule has 0 aromatic carbocycles. The summed E-state index contributed by atoms with van der Waals surface area (Å²) in [6.45, 7) is 15.6. The second-order valence-electron chi connectivity index (χ2n) is 6.63. The molecule has 2 heteroatoms. The van der Waals surface area contributed by atoms with Gasteiger partial charge in [0.05, 0.1) is 0 Å². The van der Waals surface area contributed by atoms with E-state index in [1.165, 1.54) is 12.8 Å². The van der Waals surface area contributed by atoms with Crippen LogP contribution >= 0.6 is 0 Å². The third-order valence-corrected chi connectivity index (χ3v) is 3.74. The smallest absolute Gasteiger partial charge is 0.0170 e. The van der Waals surface area contributed by atoms with Crippen LogP contribution in [0, 0.1) is 10.8 Å². The summed E-state index contributed by atoms with van der Waals surface area (Å²) in [5, 5.41) is 3.50. The van der Waals surface area contributed by atoms with E-state index < -0.39 is 0 Å². The quantitative estimate of drug-likeness (QED) is 0.670. The van der Waals surface area contributed by atoms with Gasteiger partial charge >= 0.3 is 0 Å². The highest BCUT2D eigenvalue weighted by molar-refractivity contribution is 4.77. The third-order valence-electron chi connectivity index (χ3n) is 3.74. The zero-order valence-electron chi connectivity index (χ0n) is 12.2. The minimum Gasteiger partial charge on any atom is -0.327 e. The summed E-state index contributed by atoms with van der Waals surface area (Å²) in [4.78, 5) is 0. The van der Waals surface area contributed by atoms with Gasteiger partial charge in [-0.25, -0.2) is 0 Å². The molecule has 0 heterocycles. The van der Waals surface area contributed by atoms with Crippen LogP contribution in [0.5, 0.6) is 0 Å².